The molecule has 7 nitrogen and oxygen atoms in total. The van der Waals surface area contributed by atoms with Crippen molar-refractivity contribution in [2.45, 2.75) is 58.0 Å². The third-order valence-electron chi connectivity index (χ3n) is 6.17. The van der Waals surface area contributed by atoms with Gasteiger partial charge in [-0.2, -0.15) is 13.2 Å². The van der Waals surface area contributed by atoms with Crippen LogP contribution >= 0.6 is 11.8 Å². The van der Waals surface area contributed by atoms with Gasteiger partial charge in [0.1, 0.15) is 18.1 Å². The van der Waals surface area contributed by atoms with Crippen molar-refractivity contribution in [1.29, 1.82) is 0 Å². The second-order valence-electron chi connectivity index (χ2n) is 9.38. The van der Waals surface area contributed by atoms with Crippen molar-refractivity contribution in [2.24, 2.45) is 10.7 Å². The van der Waals surface area contributed by atoms with Gasteiger partial charge in [-0.3, -0.25) is 9.79 Å². The fraction of sp³-hybridized carbons (Fsp3) is 0.464. The Balaban J connectivity index is 1.74. The van der Waals surface area contributed by atoms with Crippen molar-refractivity contribution in [3.63, 3.8) is 0 Å². The minimum Gasteiger partial charge on any atom is -0.494 e. The molecule has 4 N–H and O–H groups in total. The molecule has 0 amide bonds. The van der Waals surface area contributed by atoms with E-state index in [9.17, 15) is 23.1 Å². The van der Waals surface area contributed by atoms with Crippen molar-refractivity contribution in [3.8, 4) is 5.75 Å². The lowest BCUT2D eigenvalue weighted by Gasteiger charge is -2.18. The molecule has 0 aliphatic carbocycles. The number of carbonyl (C=O) groups is 1. The maximum atomic E-state index is 12.9. The number of anilines is 1. The molecule has 1 atom stereocenters. The maximum Gasteiger partial charge on any atom is 0.407 e. The number of alkyl halides is 3. The number of carboxylic acids is 1. The molecule has 0 radical (unpaired) electrons. The Bertz CT molecular complexity index is 1200. The molecule has 1 aliphatic heterocycles. The highest BCUT2D eigenvalue weighted by Crippen LogP contribution is 2.31. The zero-order valence-corrected chi connectivity index (χ0v) is 23.0. The second kappa shape index (κ2) is 14.3. The van der Waals surface area contributed by atoms with E-state index in [1.807, 2.05) is 38.1 Å². The molecule has 0 fully saturated rings. The van der Waals surface area contributed by atoms with E-state index in [2.05, 4.69) is 15.3 Å². The summed E-state index contributed by atoms with van der Waals surface area (Å²) in [7, 11) is 0. The lowest BCUT2D eigenvalue weighted by atomic mass is 9.90. The Morgan fingerprint density at radius 3 is 2.82 bits per heavy atom. The van der Waals surface area contributed by atoms with Crippen molar-refractivity contribution < 1.29 is 27.8 Å². The molecule has 212 valence electrons. The van der Waals surface area contributed by atoms with Gasteiger partial charge in [0.2, 0.25) is 0 Å². The average Bonchev–Trinajstić information content (AvgIpc) is 2.87. The molecular formula is C28H35F3N4O3S. The molecule has 0 saturated heterocycles. The molecule has 1 unspecified atom stereocenters. The highest BCUT2D eigenvalue weighted by molar-refractivity contribution is 8.14. The lowest BCUT2D eigenvalue weighted by Crippen LogP contribution is -2.15. The number of aryl methyl sites for hydroxylation is 3. The number of aromatic nitrogens is 1. The molecule has 1 aliphatic rings. The van der Waals surface area contributed by atoms with E-state index in [-0.39, 0.29) is 23.6 Å². The topological polar surface area (TPSA) is 110 Å². The van der Waals surface area contributed by atoms with Crippen LogP contribution in [0.2, 0.25) is 0 Å². The van der Waals surface area contributed by atoms with E-state index in [0.717, 1.165) is 42.0 Å². The van der Waals surface area contributed by atoms with Gasteiger partial charge in [-0.15, -0.1) is 11.8 Å². The molecule has 2 heterocycles. The molecule has 39 heavy (non-hydrogen) atoms. The van der Waals surface area contributed by atoms with Gasteiger partial charge in [0.05, 0.1) is 18.1 Å². The molecule has 0 bridgehead atoms. The van der Waals surface area contributed by atoms with E-state index in [0.29, 0.717) is 24.5 Å². The number of fused-ring (bicyclic) bond motifs is 1. The van der Waals surface area contributed by atoms with E-state index >= 15 is 0 Å². The van der Waals surface area contributed by atoms with Crippen LogP contribution in [0.3, 0.4) is 0 Å². The molecule has 11 heteroatoms. The summed E-state index contributed by atoms with van der Waals surface area (Å²) in [5.41, 5.74) is 10.2. The number of halogens is 3. The number of pyridine rings is 1. The highest BCUT2D eigenvalue weighted by atomic mass is 32.2. The normalized spacial score (nSPS) is 14.9. The first-order valence-electron chi connectivity index (χ1n) is 12.9. The molecule has 3 rings (SSSR count). The van der Waals surface area contributed by atoms with Crippen LogP contribution in [0.5, 0.6) is 5.75 Å². The number of rotatable bonds is 12. The summed E-state index contributed by atoms with van der Waals surface area (Å²) < 4.78 is 44.5. The fourth-order valence-corrected chi connectivity index (χ4v) is 5.18. The Labute approximate surface area is 231 Å². The maximum absolute atomic E-state index is 12.9. The monoisotopic (exact) mass is 564 g/mol. The van der Waals surface area contributed by atoms with Gasteiger partial charge in [0.15, 0.2) is 0 Å². The van der Waals surface area contributed by atoms with Crippen LogP contribution < -0.4 is 15.8 Å². The Morgan fingerprint density at radius 1 is 1.31 bits per heavy atom. The van der Waals surface area contributed by atoms with E-state index in [4.69, 9.17) is 10.5 Å². The zero-order valence-electron chi connectivity index (χ0n) is 22.2. The number of carboxylic acid groups (broad SMARTS) is 1. The number of hydrogen-bond acceptors (Lipinski definition) is 7. The number of nitrogens with two attached hydrogens (primary N) is 1. The quantitative estimate of drug-likeness (QED) is 0.218. The SMILES string of the molecule is CCOc1cc(C(CC(=O)O)CC(N)=CC(=NCC(F)(F)F)SCCc2ccc3c(n2)NCCC3)ccc1C. The number of benzene rings is 1. The second-order valence-corrected chi connectivity index (χ2v) is 10.5. The first kappa shape index (κ1) is 30.3. The van der Waals surface area contributed by atoms with Gasteiger partial charge < -0.3 is 20.9 Å². The summed E-state index contributed by atoms with van der Waals surface area (Å²) in [6.07, 6.45) is -0.505. The molecule has 0 spiro atoms. The molecule has 1 aromatic heterocycles. The lowest BCUT2D eigenvalue weighted by molar-refractivity contribution is -0.137. The van der Waals surface area contributed by atoms with Crippen LogP contribution in [0.4, 0.5) is 19.0 Å². The number of nitrogens with one attached hydrogen (secondary N) is 1. The molecule has 2 aromatic rings. The fourth-order valence-electron chi connectivity index (χ4n) is 4.27. The van der Waals surface area contributed by atoms with E-state index in [1.165, 1.54) is 23.4 Å². The highest BCUT2D eigenvalue weighted by Gasteiger charge is 2.27. The Kier molecular flexibility index (Phi) is 11.1. The van der Waals surface area contributed by atoms with Crippen molar-refractivity contribution >= 4 is 28.6 Å². The third kappa shape index (κ3) is 10.1. The van der Waals surface area contributed by atoms with Gasteiger partial charge in [0.25, 0.3) is 0 Å². The van der Waals surface area contributed by atoms with Crippen LogP contribution in [0.25, 0.3) is 0 Å². The summed E-state index contributed by atoms with van der Waals surface area (Å²) in [5.74, 6) is 0.493. The summed E-state index contributed by atoms with van der Waals surface area (Å²) in [6, 6.07) is 9.46. The minimum absolute atomic E-state index is 0.143. The number of thioether (sulfide) groups is 1. The van der Waals surface area contributed by atoms with Gasteiger partial charge in [-0.05, 0) is 80.3 Å². The standard InChI is InChI=1S/C28H35F3N4O3S/c1-3-38-24-14-20(7-6-18(24)2)21(15-26(36)37)13-22(32)16-25(34-17-28(29,30)31)39-12-10-23-9-8-19-5-4-11-33-27(19)35-23/h6-9,14,16,21H,3-5,10-13,15,17,32H2,1-2H3,(H,33,35)(H,36,37). The molecule has 1 aromatic carbocycles. The van der Waals surface area contributed by atoms with Crippen molar-refractivity contribution in [2.75, 3.05) is 30.8 Å². The van der Waals surface area contributed by atoms with Crippen LogP contribution in [-0.2, 0) is 17.6 Å². The number of nitrogens with zero attached hydrogens (tertiary/aromatic N) is 2. The number of aliphatic carboxylic acids is 1. The predicted molar refractivity (Wildman–Crippen MR) is 150 cm³/mol. The van der Waals surface area contributed by atoms with Gasteiger partial charge in [-0.25, -0.2) is 4.98 Å². The van der Waals surface area contributed by atoms with Gasteiger partial charge >= 0.3 is 12.1 Å². The third-order valence-corrected chi connectivity index (χ3v) is 7.12. The van der Waals surface area contributed by atoms with Crippen molar-refractivity contribution in [3.05, 3.63) is 64.5 Å². The Morgan fingerprint density at radius 2 is 2.10 bits per heavy atom. The summed E-state index contributed by atoms with van der Waals surface area (Å²) in [5, 5.41) is 12.9. The predicted octanol–water partition coefficient (Wildman–Crippen LogP) is 5.87. The number of aliphatic imine (C=N–C) groups is 1. The Hall–Kier alpha value is -3.21. The number of allylic oxidation sites excluding steroid dienone is 1. The average molecular weight is 565 g/mol. The summed E-state index contributed by atoms with van der Waals surface area (Å²) in [4.78, 5) is 20.0. The smallest absolute Gasteiger partial charge is 0.407 e. The van der Waals surface area contributed by atoms with E-state index < -0.39 is 24.6 Å². The summed E-state index contributed by atoms with van der Waals surface area (Å²) >= 11 is 1.17. The number of ether oxygens (including phenoxy) is 1. The van der Waals surface area contributed by atoms with Crippen LogP contribution in [0.15, 0.2) is 47.1 Å². The molecular weight excluding hydrogens is 529 g/mol. The first-order valence-corrected chi connectivity index (χ1v) is 13.9. The largest absolute Gasteiger partial charge is 0.494 e. The minimum atomic E-state index is -4.45. The van der Waals surface area contributed by atoms with Crippen LogP contribution in [-0.4, -0.2) is 52.7 Å². The van der Waals surface area contributed by atoms with Crippen LogP contribution in [0, 0.1) is 6.92 Å². The zero-order chi connectivity index (χ0) is 28.4. The van der Waals surface area contributed by atoms with Crippen molar-refractivity contribution in [1.82, 2.24) is 4.98 Å². The van der Waals surface area contributed by atoms with Crippen LogP contribution in [0.1, 0.15) is 54.5 Å². The van der Waals surface area contributed by atoms with Gasteiger partial charge in [-0.1, -0.05) is 18.2 Å². The first-order chi connectivity index (χ1) is 18.5. The van der Waals surface area contributed by atoms with E-state index in [1.54, 1.807) is 6.07 Å². The van der Waals surface area contributed by atoms with Gasteiger partial charge in [0, 0.05) is 23.7 Å². The number of hydrogen-bond donors (Lipinski definition) is 3. The molecule has 0 saturated carbocycles. The summed E-state index contributed by atoms with van der Waals surface area (Å²) in [6.45, 7) is 3.76.